The van der Waals surface area contributed by atoms with E-state index in [1.54, 1.807) is 18.2 Å². The summed E-state index contributed by atoms with van der Waals surface area (Å²) in [6.07, 6.45) is 0.843. The second-order valence-electron chi connectivity index (χ2n) is 6.22. The van der Waals surface area contributed by atoms with Gasteiger partial charge < -0.3 is 4.90 Å². The van der Waals surface area contributed by atoms with Gasteiger partial charge >= 0.3 is 0 Å². The second-order valence-corrected chi connectivity index (χ2v) is 8.71. The largest absolute Gasteiger partial charge is 0.378 e. The van der Waals surface area contributed by atoms with Crippen LogP contribution < -0.4 is 4.90 Å². The fourth-order valence-corrected chi connectivity index (χ4v) is 3.99. The number of nitrogens with zero attached hydrogens (tertiary/aromatic N) is 3. The fraction of sp³-hybridized carbons (Fsp3) is 0.667. The van der Waals surface area contributed by atoms with E-state index in [4.69, 9.17) is 0 Å². The van der Waals surface area contributed by atoms with E-state index in [1.165, 1.54) is 0 Å². The van der Waals surface area contributed by atoms with E-state index in [2.05, 4.69) is 16.0 Å². The number of pyridine rings is 1. The highest BCUT2D eigenvalue weighted by Crippen LogP contribution is 2.30. The highest BCUT2D eigenvalue weighted by atomic mass is 32.2. The van der Waals surface area contributed by atoms with Crippen LogP contribution in [0.5, 0.6) is 0 Å². The van der Waals surface area contributed by atoms with E-state index in [0.717, 1.165) is 23.5 Å². The Bertz CT molecular complexity index is 611. The molecule has 0 amide bonds. The molecule has 1 fully saturated rings. The Kier molecular flexibility index (Phi) is 4.58. The first-order valence-corrected chi connectivity index (χ1v) is 8.87. The van der Waals surface area contributed by atoms with E-state index >= 15 is 0 Å². The molecule has 1 aromatic rings. The third-order valence-corrected chi connectivity index (χ3v) is 6.24. The molecule has 1 saturated heterocycles. The van der Waals surface area contributed by atoms with Gasteiger partial charge in [-0.15, -0.1) is 0 Å². The smallest absolute Gasteiger partial charge is 0.216 e. The van der Waals surface area contributed by atoms with Crippen molar-refractivity contribution in [1.29, 1.82) is 0 Å². The molecular weight excluding hydrogens is 286 g/mol. The van der Waals surface area contributed by atoms with Crippen LogP contribution in [-0.2, 0) is 10.0 Å². The molecule has 0 bridgehead atoms. The zero-order valence-corrected chi connectivity index (χ0v) is 14.3. The van der Waals surface area contributed by atoms with Crippen LogP contribution in [0.25, 0.3) is 0 Å². The monoisotopic (exact) mass is 311 g/mol. The molecular formula is C15H25N3O2S. The first kappa shape index (κ1) is 16.2. The van der Waals surface area contributed by atoms with Crippen molar-refractivity contribution < 1.29 is 8.42 Å². The predicted molar refractivity (Wildman–Crippen MR) is 86.3 cm³/mol. The van der Waals surface area contributed by atoms with Crippen molar-refractivity contribution in [1.82, 2.24) is 9.29 Å². The fourth-order valence-electron chi connectivity index (χ4n) is 2.64. The molecule has 118 valence electrons. The summed E-state index contributed by atoms with van der Waals surface area (Å²) in [7, 11) is 0.846. The lowest BCUT2D eigenvalue weighted by Crippen LogP contribution is -2.34. The van der Waals surface area contributed by atoms with Gasteiger partial charge in [-0.2, -0.15) is 0 Å². The summed E-state index contributed by atoms with van der Waals surface area (Å²) in [5, 5.41) is -0.362. The molecule has 1 aromatic heterocycles. The molecule has 0 spiro atoms. The minimum Gasteiger partial charge on any atom is -0.378 e. The van der Waals surface area contributed by atoms with E-state index in [9.17, 15) is 8.42 Å². The van der Waals surface area contributed by atoms with Crippen LogP contribution in [0, 0.1) is 6.92 Å². The Balaban J connectivity index is 2.22. The number of sulfonamides is 1. The van der Waals surface area contributed by atoms with Crippen LogP contribution in [0.4, 0.5) is 5.69 Å². The van der Waals surface area contributed by atoms with Gasteiger partial charge in [-0.25, -0.2) is 12.7 Å². The van der Waals surface area contributed by atoms with Gasteiger partial charge in [0.25, 0.3) is 0 Å². The van der Waals surface area contributed by atoms with Crippen molar-refractivity contribution in [2.24, 2.45) is 0 Å². The average molecular weight is 311 g/mol. The lowest BCUT2D eigenvalue weighted by molar-refractivity contribution is 0.465. The molecule has 1 aliphatic heterocycles. The van der Waals surface area contributed by atoms with Crippen molar-refractivity contribution in [2.75, 3.05) is 32.1 Å². The molecule has 0 N–H and O–H groups in total. The molecule has 1 atom stereocenters. The number of anilines is 1. The molecule has 0 saturated carbocycles. The van der Waals surface area contributed by atoms with E-state index in [-0.39, 0.29) is 11.2 Å². The summed E-state index contributed by atoms with van der Waals surface area (Å²) >= 11 is 0. The molecule has 0 radical (unpaired) electrons. The Labute approximate surface area is 128 Å². The van der Waals surface area contributed by atoms with E-state index < -0.39 is 10.0 Å². The Morgan fingerprint density at radius 3 is 2.57 bits per heavy atom. The van der Waals surface area contributed by atoms with Crippen LogP contribution >= 0.6 is 0 Å². The normalized spacial score (nSPS) is 20.2. The first-order valence-electron chi connectivity index (χ1n) is 7.36. The van der Waals surface area contributed by atoms with Gasteiger partial charge in [0.15, 0.2) is 0 Å². The molecule has 0 aliphatic carbocycles. The summed E-state index contributed by atoms with van der Waals surface area (Å²) < 4.78 is 26.1. The summed E-state index contributed by atoms with van der Waals surface area (Å²) in [6.45, 7) is 6.59. The Morgan fingerprint density at radius 1 is 1.33 bits per heavy atom. The molecule has 6 heteroatoms. The molecule has 2 rings (SSSR count). The van der Waals surface area contributed by atoms with Crippen LogP contribution in [0.2, 0.25) is 0 Å². The van der Waals surface area contributed by atoms with Crippen molar-refractivity contribution in [3.05, 3.63) is 23.5 Å². The predicted octanol–water partition coefficient (Wildman–Crippen LogP) is 1.98. The van der Waals surface area contributed by atoms with E-state index in [0.29, 0.717) is 13.1 Å². The maximum Gasteiger partial charge on any atom is 0.216 e. The second kappa shape index (κ2) is 5.93. The molecule has 1 aliphatic rings. The Hall–Kier alpha value is -1.14. The van der Waals surface area contributed by atoms with Gasteiger partial charge in [-0.1, -0.05) is 0 Å². The highest BCUT2D eigenvalue weighted by molar-refractivity contribution is 7.89. The summed E-state index contributed by atoms with van der Waals surface area (Å²) in [5.41, 5.74) is 3.09. The van der Waals surface area contributed by atoms with Crippen LogP contribution in [0.1, 0.15) is 37.6 Å². The van der Waals surface area contributed by atoms with Gasteiger partial charge in [-0.05, 0) is 39.3 Å². The molecule has 5 nitrogen and oxygen atoms in total. The molecule has 21 heavy (non-hydrogen) atoms. The third kappa shape index (κ3) is 3.37. The van der Waals surface area contributed by atoms with E-state index in [1.807, 2.05) is 27.1 Å². The van der Waals surface area contributed by atoms with Crippen molar-refractivity contribution in [2.45, 2.75) is 38.4 Å². The number of aromatic nitrogens is 1. The number of hydrogen-bond acceptors (Lipinski definition) is 4. The minimum atomic E-state index is -3.16. The number of rotatable bonds is 4. The van der Waals surface area contributed by atoms with Crippen molar-refractivity contribution in [3.8, 4) is 0 Å². The summed E-state index contributed by atoms with van der Waals surface area (Å²) in [4.78, 5) is 6.66. The lowest BCUT2D eigenvalue weighted by atomic mass is 10.0. The zero-order valence-electron chi connectivity index (χ0n) is 13.5. The maximum atomic E-state index is 12.2. The topological polar surface area (TPSA) is 53.5 Å². The highest BCUT2D eigenvalue weighted by Gasteiger charge is 2.34. The van der Waals surface area contributed by atoms with Gasteiger partial charge in [0.2, 0.25) is 10.0 Å². The van der Waals surface area contributed by atoms with Crippen LogP contribution in [-0.4, -0.2) is 50.1 Å². The Morgan fingerprint density at radius 2 is 2.00 bits per heavy atom. The third-order valence-electron chi connectivity index (χ3n) is 4.00. The van der Waals surface area contributed by atoms with Gasteiger partial charge in [0.1, 0.15) is 0 Å². The van der Waals surface area contributed by atoms with Crippen LogP contribution in [0.15, 0.2) is 12.1 Å². The first-order chi connectivity index (χ1) is 9.71. The average Bonchev–Trinajstić information content (AvgIpc) is 2.87. The molecule has 2 heterocycles. The quantitative estimate of drug-likeness (QED) is 0.853. The zero-order chi connectivity index (χ0) is 15.8. The van der Waals surface area contributed by atoms with Gasteiger partial charge in [0.05, 0.1) is 5.25 Å². The van der Waals surface area contributed by atoms with Gasteiger partial charge in [0, 0.05) is 50.2 Å². The number of hydrogen-bond donors (Lipinski definition) is 0. The van der Waals surface area contributed by atoms with Crippen molar-refractivity contribution in [3.63, 3.8) is 0 Å². The minimum absolute atomic E-state index is 0.192. The molecule has 0 aromatic carbocycles. The lowest BCUT2D eigenvalue weighted by Gasteiger charge is -2.20. The summed E-state index contributed by atoms with van der Waals surface area (Å²) in [5.74, 6) is 0.192. The standard InChI is InChI=1S/C15H25N3O2S/c1-11(2)21(19,20)18-7-6-13(10-18)15-9-14(17(4)5)8-12(3)16-15/h8-9,11,13H,6-7,10H2,1-5H3/t13-/m0/s1. The summed E-state index contributed by atoms with van der Waals surface area (Å²) in [6, 6.07) is 4.12. The number of aryl methyl sites for hydroxylation is 1. The van der Waals surface area contributed by atoms with Gasteiger partial charge in [-0.3, -0.25) is 4.98 Å². The van der Waals surface area contributed by atoms with Crippen LogP contribution in [0.3, 0.4) is 0 Å². The maximum absolute atomic E-state index is 12.2. The molecule has 0 unspecified atom stereocenters. The SMILES string of the molecule is Cc1cc(N(C)C)cc([C@H]2CCN(S(=O)(=O)C(C)C)C2)n1. The van der Waals surface area contributed by atoms with Crippen molar-refractivity contribution >= 4 is 15.7 Å².